The Kier molecular flexibility index (Phi) is 10.7. The molecule has 9 nitrogen and oxygen atoms in total. The van der Waals surface area contributed by atoms with Crippen LogP contribution < -0.4 is 14.8 Å². The molecule has 0 bridgehead atoms. The maximum absolute atomic E-state index is 14.4. The molecule has 2 aliphatic rings. The number of pyridine rings is 2. The highest BCUT2D eigenvalue weighted by atomic mass is 31.2. The Morgan fingerprint density at radius 1 is 0.745 bits per heavy atom. The number of aryl methyl sites for hydroxylation is 2. The number of aromatic nitrogens is 2. The van der Waals surface area contributed by atoms with Gasteiger partial charge in [-0.05, 0) is 63.8 Å². The summed E-state index contributed by atoms with van der Waals surface area (Å²) in [6, 6.07) is 18.4. The van der Waals surface area contributed by atoms with Gasteiger partial charge in [0, 0.05) is 62.5 Å². The number of ether oxygens (including phenoxy) is 4. The van der Waals surface area contributed by atoms with Crippen molar-refractivity contribution in [3.05, 3.63) is 101 Å². The van der Waals surface area contributed by atoms with Crippen molar-refractivity contribution in [1.29, 1.82) is 0 Å². The Morgan fingerprint density at radius 3 is 1.76 bits per heavy atom. The zero-order valence-corrected chi connectivity index (χ0v) is 32.6. The van der Waals surface area contributed by atoms with E-state index in [1.165, 1.54) is 0 Å². The first-order chi connectivity index (χ1) is 23.6. The second-order valence-corrected chi connectivity index (χ2v) is 21.2. The largest absolute Gasteiger partial charge is 0.461 e. The number of halogens is 2. The molecule has 6 rings (SSSR count). The molecule has 0 spiro atoms. The summed E-state index contributed by atoms with van der Waals surface area (Å²) in [6.07, 6.45) is 2.87. The van der Waals surface area contributed by atoms with Gasteiger partial charge in [-0.1, -0.05) is 42.5 Å². The zero-order chi connectivity index (χ0) is 37.6. The van der Waals surface area contributed by atoms with Crippen molar-refractivity contribution in [3.63, 3.8) is 0 Å². The van der Waals surface area contributed by atoms with Gasteiger partial charge in [0.25, 0.3) is 0 Å². The summed E-state index contributed by atoms with van der Waals surface area (Å²) >= 11 is 0. The number of hydrogen-bond donors (Lipinski definition) is 1. The quantitative estimate of drug-likeness (QED) is 0.185. The van der Waals surface area contributed by atoms with Gasteiger partial charge in [-0.2, -0.15) is 8.78 Å². The van der Waals surface area contributed by atoms with Crippen LogP contribution in [0.3, 0.4) is 0 Å². The molecule has 1 unspecified atom stereocenters. The summed E-state index contributed by atoms with van der Waals surface area (Å²) in [7, 11) is -6.26. The molecule has 0 radical (unpaired) electrons. The number of fused-ring (bicyclic) bond motifs is 2. The van der Waals surface area contributed by atoms with Crippen molar-refractivity contribution in [1.82, 2.24) is 9.97 Å². The van der Waals surface area contributed by atoms with E-state index in [4.69, 9.17) is 18.9 Å². The number of hydrogen-bond acceptors (Lipinski definition) is 9. The van der Waals surface area contributed by atoms with Crippen LogP contribution in [0.25, 0.3) is 11.1 Å². The standard InChI is InChI=1S/C25H29N2O3P.C13H18F2NO3P/c1-17-23-22(16-29-25(2,3)30-23)21(15-26-17)24(31(4,5)28)27-20-13-11-19(12-14-20)18-9-7-6-8-10-18;1-8-11-9(7-18-12(2,3)19-11)10(6-16-8)13(14,15)20(4,5)17/h6-15,24,27H,16H2,1-5H3;6H,7H2,1-5H3. The number of benzene rings is 2. The predicted molar refractivity (Wildman–Crippen MR) is 198 cm³/mol. The fourth-order valence-electron chi connectivity index (χ4n) is 5.80. The van der Waals surface area contributed by atoms with Crippen molar-refractivity contribution in [2.75, 3.05) is 32.0 Å². The summed E-state index contributed by atoms with van der Waals surface area (Å²) < 4.78 is 76.9. The van der Waals surface area contributed by atoms with Crippen LogP contribution >= 0.6 is 14.3 Å². The smallest absolute Gasteiger partial charge is 0.324 e. The highest BCUT2D eigenvalue weighted by molar-refractivity contribution is 7.63. The van der Waals surface area contributed by atoms with Crippen molar-refractivity contribution < 1.29 is 36.9 Å². The van der Waals surface area contributed by atoms with Gasteiger partial charge >= 0.3 is 5.66 Å². The summed E-state index contributed by atoms with van der Waals surface area (Å²) in [6.45, 7) is 16.9. The number of anilines is 1. The molecule has 0 amide bonds. The van der Waals surface area contributed by atoms with Crippen LogP contribution in [0, 0.1) is 13.8 Å². The second-order valence-electron chi connectivity index (χ2n) is 14.6. The van der Waals surface area contributed by atoms with E-state index in [0.29, 0.717) is 18.1 Å². The first-order valence-electron chi connectivity index (χ1n) is 16.6. The topological polar surface area (TPSA) is 109 Å². The summed E-state index contributed by atoms with van der Waals surface area (Å²) in [4.78, 5) is 8.50. The average Bonchev–Trinajstić information content (AvgIpc) is 3.04. The fourth-order valence-corrected chi connectivity index (χ4v) is 7.92. The van der Waals surface area contributed by atoms with Crippen LogP contribution in [-0.2, 0) is 37.5 Å². The van der Waals surface area contributed by atoms with Gasteiger partial charge in [0.1, 0.15) is 24.4 Å². The maximum atomic E-state index is 14.4. The first kappa shape index (κ1) is 38.6. The Hall–Kier alpha value is -3.62. The van der Waals surface area contributed by atoms with E-state index in [1.807, 2.05) is 51.1 Å². The van der Waals surface area contributed by atoms with Gasteiger partial charge in [-0.15, -0.1) is 0 Å². The SMILES string of the molecule is Cc1ncc(C(F)(F)P(C)(C)=O)c2c1OC(C)(C)OC2.Cc1ncc(C(Nc2ccc(-c3ccccc3)cc2)P(C)(C)=O)c2c1OC(C)(C)OC2. The lowest BCUT2D eigenvalue weighted by molar-refractivity contribution is -0.181. The highest BCUT2D eigenvalue weighted by Gasteiger charge is 2.48. The molecule has 2 aromatic heterocycles. The van der Waals surface area contributed by atoms with E-state index < -0.39 is 37.3 Å². The summed E-state index contributed by atoms with van der Waals surface area (Å²) in [5, 5.41) is 3.49. The molecule has 0 fully saturated rings. The number of alkyl halides is 2. The number of nitrogens with one attached hydrogen (secondary N) is 1. The van der Waals surface area contributed by atoms with Crippen LogP contribution in [-0.4, -0.2) is 48.2 Å². The molecule has 0 aliphatic carbocycles. The Balaban J connectivity index is 0.000000218. The zero-order valence-electron chi connectivity index (χ0n) is 30.8. The highest BCUT2D eigenvalue weighted by Crippen LogP contribution is 2.61. The molecule has 4 heterocycles. The van der Waals surface area contributed by atoms with Gasteiger partial charge in [0.05, 0.1) is 30.2 Å². The van der Waals surface area contributed by atoms with E-state index in [-0.39, 0.29) is 17.7 Å². The minimum Gasteiger partial charge on any atom is -0.461 e. The third-order valence-electron chi connectivity index (χ3n) is 8.70. The van der Waals surface area contributed by atoms with E-state index >= 15 is 0 Å². The van der Waals surface area contributed by atoms with Crippen LogP contribution in [0.2, 0.25) is 0 Å². The second kappa shape index (κ2) is 14.1. The van der Waals surface area contributed by atoms with E-state index in [2.05, 4.69) is 39.6 Å². The van der Waals surface area contributed by atoms with Crippen molar-refractivity contribution in [3.8, 4) is 22.6 Å². The molecule has 274 valence electrons. The average molecular weight is 742 g/mol. The third-order valence-corrected chi connectivity index (χ3v) is 11.9. The molecule has 13 heteroatoms. The van der Waals surface area contributed by atoms with Crippen molar-refractivity contribution >= 4 is 20.0 Å². The fraction of sp³-hybridized carbons (Fsp3) is 0.421. The van der Waals surface area contributed by atoms with E-state index in [9.17, 15) is 17.9 Å². The summed E-state index contributed by atoms with van der Waals surface area (Å²) in [5.74, 6) is -0.975. The molecule has 4 aromatic rings. The van der Waals surface area contributed by atoms with E-state index in [0.717, 1.165) is 58.9 Å². The minimum absolute atomic E-state index is 0.0172. The van der Waals surface area contributed by atoms with Crippen molar-refractivity contribution in [2.24, 2.45) is 0 Å². The van der Waals surface area contributed by atoms with Crippen LogP contribution in [0.5, 0.6) is 11.5 Å². The Labute approximate surface area is 299 Å². The van der Waals surface area contributed by atoms with Crippen LogP contribution in [0.15, 0.2) is 67.0 Å². The van der Waals surface area contributed by atoms with Gasteiger partial charge in [-0.3, -0.25) is 9.97 Å². The van der Waals surface area contributed by atoms with Gasteiger partial charge in [-0.25, -0.2) is 0 Å². The first-order valence-corrected chi connectivity index (χ1v) is 21.9. The molecule has 1 atom stereocenters. The number of rotatable bonds is 7. The minimum atomic E-state index is -3.67. The lowest BCUT2D eigenvalue weighted by Gasteiger charge is -2.36. The lowest BCUT2D eigenvalue weighted by atomic mass is 10.0. The van der Waals surface area contributed by atoms with Crippen LogP contribution in [0.4, 0.5) is 14.5 Å². The maximum Gasteiger partial charge on any atom is 0.324 e. The molecule has 2 aromatic carbocycles. The van der Waals surface area contributed by atoms with Gasteiger partial charge in [0.15, 0.2) is 7.14 Å². The molecule has 0 saturated heterocycles. The van der Waals surface area contributed by atoms with E-state index in [1.54, 1.807) is 40.3 Å². The Bertz CT molecular complexity index is 1990. The Morgan fingerprint density at radius 2 is 1.24 bits per heavy atom. The summed E-state index contributed by atoms with van der Waals surface area (Å²) in [5.41, 5.74) is 2.69. The molecule has 0 saturated carbocycles. The molecule has 51 heavy (non-hydrogen) atoms. The lowest BCUT2D eigenvalue weighted by Crippen LogP contribution is -2.37. The number of nitrogens with zero attached hydrogens (tertiary/aromatic N) is 2. The van der Waals surface area contributed by atoms with Crippen LogP contribution in [0.1, 0.15) is 67.1 Å². The van der Waals surface area contributed by atoms with Gasteiger partial charge < -0.3 is 33.4 Å². The monoisotopic (exact) mass is 741 g/mol. The van der Waals surface area contributed by atoms with Gasteiger partial charge in [0.2, 0.25) is 11.6 Å². The molecular formula is C38H47F2N3O6P2. The normalized spacial score (nSPS) is 17.0. The molecular weight excluding hydrogens is 694 g/mol. The molecule has 1 N–H and O–H groups in total. The third kappa shape index (κ3) is 8.55. The predicted octanol–water partition coefficient (Wildman–Crippen LogP) is 10.1. The molecule has 2 aliphatic heterocycles. The van der Waals surface area contributed by atoms with Crippen molar-refractivity contribution in [2.45, 2.75) is 77.8 Å².